The molecule has 98 valence electrons. The molecule has 0 saturated carbocycles. The number of carboxylic acids is 1. The summed E-state index contributed by atoms with van der Waals surface area (Å²) in [6.07, 6.45) is 0. The fourth-order valence-corrected chi connectivity index (χ4v) is 2.72. The lowest BCUT2D eigenvalue weighted by Gasteiger charge is -2.12. The number of hydrogen-bond acceptors (Lipinski definition) is 3. The van der Waals surface area contributed by atoms with Gasteiger partial charge in [0.2, 0.25) is 5.91 Å². The first-order chi connectivity index (χ1) is 8.54. The maximum Gasteiger partial charge on any atom is 0.311 e. The Hall–Kier alpha value is -1.69. The van der Waals surface area contributed by atoms with Crippen molar-refractivity contribution in [3.05, 3.63) is 35.9 Å². The summed E-state index contributed by atoms with van der Waals surface area (Å²) < 4.78 is 11.7. The van der Waals surface area contributed by atoms with E-state index in [2.05, 4.69) is 5.32 Å². The summed E-state index contributed by atoms with van der Waals surface area (Å²) in [6.45, 7) is 0. The van der Waals surface area contributed by atoms with Gasteiger partial charge in [0.1, 0.15) is 5.75 Å². The third-order valence-electron chi connectivity index (χ3n) is 2.42. The minimum Gasteiger partial charge on any atom is -0.481 e. The summed E-state index contributed by atoms with van der Waals surface area (Å²) in [7, 11) is -0.0442. The summed E-state index contributed by atoms with van der Waals surface area (Å²) in [5.74, 6) is -2.48. The van der Waals surface area contributed by atoms with Crippen molar-refractivity contribution >= 4 is 22.7 Å². The molecule has 0 bridgehead atoms. The molecule has 0 aliphatic heterocycles. The lowest BCUT2D eigenvalue weighted by Crippen LogP contribution is -2.28. The van der Waals surface area contributed by atoms with Crippen LogP contribution in [-0.4, -0.2) is 39.7 Å². The van der Waals surface area contributed by atoms with E-state index < -0.39 is 22.7 Å². The first-order valence-corrected chi connectivity index (χ1v) is 6.86. The molecular weight excluding hydrogens is 254 g/mol. The molecule has 0 saturated heterocycles. The molecule has 0 heterocycles. The van der Waals surface area contributed by atoms with Crippen LogP contribution in [0.2, 0.25) is 0 Å². The number of nitrogens with one attached hydrogen (secondary N) is 1. The summed E-state index contributed by atoms with van der Waals surface area (Å²) in [4.78, 5) is 22.2. The quantitative estimate of drug-likeness (QED) is 0.780. The van der Waals surface area contributed by atoms with E-state index in [1.165, 1.54) is 7.05 Å². The molecule has 1 aromatic rings. The molecule has 0 fully saturated rings. The van der Waals surface area contributed by atoms with Crippen LogP contribution in [0.25, 0.3) is 0 Å². The summed E-state index contributed by atoms with van der Waals surface area (Å²) in [5, 5.41) is 11.5. The van der Waals surface area contributed by atoms with E-state index in [4.69, 9.17) is 5.11 Å². The van der Waals surface area contributed by atoms with E-state index in [0.717, 1.165) is 0 Å². The van der Waals surface area contributed by atoms with Crippen molar-refractivity contribution in [2.45, 2.75) is 5.92 Å². The van der Waals surface area contributed by atoms with Crippen LogP contribution >= 0.6 is 0 Å². The minimum atomic E-state index is -1.49. The molecule has 2 atom stereocenters. The highest BCUT2D eigenvalue weighted by molar-refractivity contribution is 7.85. The number of carbonyl (C=O) groups excluding carboxylic acids is 1. The van der Waals surface area contributed by atoms with Gasteiger partial charge in [0.25, 0.3) is 0 Å². The molecule has 0 radical (unpaired) electrons. The molecule has 1 aromatic carbocycles. The number of hydrogen-bond donors (Lipinski definition) is 2. The Labute approximate surface area is 108 Å². The van der Waals surface area contributed by atoms with Gasteiger partial charge in [-0.25, -0.2) is 0 Å². The average Bonchev–Trinajstić information content (AvgIpc) is 2.36. The third-order valence-corrected chi connectivity index (χ3v) is 3.71. The normalized spacial score (nSPS) is 13.6. The first kappa shape index (κ1) is 14.4. The Balaban J connectivity index is 2.74. The Bertz CT molecular complexity index is 447. The van der Waals surface area contributed by atoms with Gasteiger partial charge in [-0.3, -0.25) is 13.8 Å². The van der Waals surface area contributed by atoms with E-state index >= 15 is 0 Å². The van der Waals surface area contributed by atoms with Gasteiger partial charge in [-0.2, -0.15) is 0 Å². The van der Waals surface area contributed by atoms with E-state index in [9.17, 15) is 13.8 Å². The Kier molecular flexibility index (Phi) is 5.51. The maximum atomic E-state index is 11.7. The van der Waals surface area contributed by atoms with Crippen LogP contribution in [-0.2, 0) is 20.4 Å². The Morgan fingerprint density at radius 1 is 1.33 bits per heavy atom. The molecule has 6 heteroatoms. The smallest absolute Gasteiger partial charge is 0.311 e. The lowest BCUT2D eigenvalue weighted by atomic mass is 10.0. The number of carboxylic acid groups (broad SMARTS) is 1. The van der Waals surface area contributed by atoms with Crippen molar-refractivity contribution in [2.75, 3.05) is 18.6 Å². The number of benzene rings is 1. The molecular formula is C12H15NO4S. The molecule has 0 aliphatic carbocycles. The van der Waals surface area contributed by atoms with E-state index in [0.29, 0.717) is 5.56 Å². The standard InChI is InChI=1S/C12H15NO4S/c1-13-11(14)8-18(17)7-10(12(15)16)9-5-3-2-4-6-9/h2-6,10H,7-8H2,1H3,(H,13,14)(H,15,16). The second-order valence-electron chi connectivity index (χ2n) is 3.73. The van der Waals surface area contributed by atoms with Gasteiger partial charge in [0.15, 0.2) is 0 Å². The number of carbonyl (C=O) groups is 2. The largest absolute Gasteiger partial charge is 0.481 e. The second kappa shape index (κ2) is 6.90. The zero-order valence-corrected chi connectivity index (χ0v) is 10.8. The van der Waals surface area contributed by atoms with Crippen LogP contribution in [0.5, 0.6) is 0 Å². The minimum absolute atomic E-state index is 0.0627. The molecule has 0 aliphatic rings. The van der Waals surface area contributed by atoms with Crippen molar-refractivity contribution < 1.29 is 18.9 Å². The van der Waals surface area contributed by atoms with Gasteiger partial charge in [0.05, 0.1) is 5.92 Å². The van der Waals surface area contributed by atoms with Gasteiger partial charge in [0, 0.05) is 23.6 Å². The highest BCUT2D eigenvalue weighted by Gasteiger charge is 2.23. The van der Waals surface area contributed by atoms with Crippen LogP contribution in [0.15, 0.2) is 30.3 Å². The van der Waals surface area contributed by atoms with Crippen molar-refractivity contribution in [3.8, 4) is 0 Å². The Morgan fingerprint density at radius 3 is 2.44 bits per heavy atom. The maximum absolute atomic E-state index is 11.7. The number of rotatable bonds is 6. The predicted molar refractivity (Wildman–Crippen MR) is 68.8 cm³/mol. The van der Waals surface area contributed by atoms with E-state index in [-0.39, 0.29) is 17.4 Å². The third kappa shape index (κ3) is 4.29. The van der Waals surface area contributed by atoms with Crippen molar-refractivity contribution in [1.82, 2.24) is 5.32 Å². The van der Waals surface area contributed by atoms with Crippen LogP contribution in [0.4, 0.5) is 0 Å². The fraction of sp³-hybridized carbons (Fsp3) is 0.333. The van der Waals surface area contributed by atoms with Crippen LogP contribution in [0.1, 0.15) is 11.5 Å². The van der Waals surface area contributed by atoms with Crippen molar-refractivity contribution in [2.24, 2.45) is 0 Å². The molecule has 2 N–H and O–H groups in total. The molecule has 1 amide bonds. The molecule has 5 nitrogen and oxygen atoms in total. The summed E-state index contributed by atoms with van der Waals surface area (Å²) in [5.41, 5.74) is 0.593. The monoisotopic (exact) mass is 269 g/mol. The predicted octanol–water partition coefficient (Wildman–Crippen LogP) is 0.350. The highest BCUT2D eigenvalue weighted by atomic mass is 32.2. The molecule has 0 aromatic heterocycles. The highest BCUT2D eigenvalue weighted by Crippen LogP contribution is 2.17. The van der Waals surface area contributed by atoms with E-state index in [1.54, 1.807) is 30.3 Å². The SMILES string of the molecule is CNC(=O)CS(=O)CC(C(=O)O)c1ccccc1. The fourth-order valence-electron chi connectivity index (χ4n) is 1.46. The topological polar surface area (TPSA) is 83.5 Å². The zero-order valence-electron chi connectivity index (χ0n) is 9.96. The van der Waals surface area contributed by atoms with Crippen LogP contribution in [0.3, 0.4) is 0 Å². The molecule has 1 rings (SSSR count). The second-order valence-corrected chi connectivity index (χ2v) is 5.23. The molecule has 2 unspecified atom stereocenters. The van der Waals surface area contributed by atoms with Gasteiger partial charge in [-0.05, 0) is 5.56 Å². The van der Waals surface area contributed by atoms with Gasteiger partial charge in [-0.1, -0.05) is 30.3 Å². The summed E-state index contributed by atoms with van der Waals surface area (Å²) >= 11 is 0. The van der Waals surface area contributed by atoms with Gasteiger partial charge >= 0.3 is 5.97 Å². The van der Waals surface area contributed by atoms with Gasteiger partial charge < -0.3 is 10.4 Å². The van der Waals surface area contributed by atoms with Crippen molar-refractivity contribution in [1.29, 1.82) is 0 Å². The average molecular weight is 269 g/mol. The van der Waals surface area contributed by atoms with Crippen LogP contribution in [0, 0.1) is 0 Å². The first-order valence-electron chi connectivity index (χ1n) is 5.38. The summed E-state index contributed by atoms with van der Waals surface area (Å²) in [6, 6.07) is 8.59. The van der Waals surface area contributed by atoms with E-state index in [1.807, 2.05) is 0 Å². The Morgan fingerprint density at radius 2 is 1.94 bits per heavy atom. The van der Waals surface area contributed by atoms with Crippen molar-refractivity contribution in [3.63, 3.8) is 0 Å². The number of aliphatic carboxylic acids is 1. The zero-order chi connectivity index (χ0) is 13.5. The van der Waals surface area contributed by atoms with Gasteiger partial charge in [-0.15, -0.1) is 0 Å². The molecule has 0 spiro atoms. The molecule has 18 heavy (non-hydrogen) atoms. The number of amides is 1. The van der Waals surface area contributed by atoms with Crippen LogP contribution < -0.4 is 5.32 Å². The lowest BCUT2D eigenvalue weighted by molar-refractivity contribution is -0.138.